The van der Waals surface area contributed by atoms with Crippen LogP contribution in [0.15, 0.2) is 5.38 Å². The Kier molecular flexibility index (Phi) is 4.52. The van der Waals surface area contributed by atoms with Gasteiger partial charge in [0.05, 0.1) is 10.7 Å². The molecular formula is C10H18ClN3S. The first kappa shape index (κ1) is 12.9. The fraction of sp³-hybridized carbons (Fsp3) is 0.700. The first-order chi connectivity index (χ1) is 6.65. The van der Waals surface area contributed by atoms with Crippen LogP contribution in [0.2, 0.25) is 0 Å². The van der Waals surface area contributed by atoms with Gasteiger partial charge in [-0.1, -0.05) is 0 Å². The molecule has 86 valence electrons. The molecule has 2 N–H and O–H groups in total. The maximum absolute atomic E-state index is 5.76. The topological polar surface area (TPSA) is 42.2 Å². The van der Waals surface area contributed by atoms with Gasteiger partial charge in [-0.15, -0.1) is 23.7 Å². The highest BCUT2D eigenvalue weighted by molar-refractivity contribution is 7.09. The van der Waals surface area contributed by atoms with Crippen LogP contribution in [0.25, 0.3) is 0 Å². The summed E-state index contributed by atoms with van der Waals surface area (Å²) in [5.74, 6) is 0. The molecular weight excluding hydrogens is 230 g/mol. The van der Waals surface area contributed by atoms with E-state index in [0.717, 1.165) is 24.4 Å². The molecule has 0 spiro atoms. The Morgan fingerprint density at radius 2 is 2.27 bits per heavy atom. The molecule has 0 amide bonds. The van der Waals surface area contributed by atoms with E-state index in [1.54, 1.807) is 11.3 Å². The van der Waals surface area contributed by atoms with Crippen LogP contribution in [-0.2, 0) is 6.54 Å². The van der Waals surface area contributed by atoms with Gasteiger partial charge in [0.2, 0.25) is 0 Å². The lowest BCUT2D eigenvalue weighted by atomic mass is 9.86. The van der Waals surface area contributed by atoms with Crippen molar-refractivity contribution in [3.63, 3.8) is 0 Å². The Bertz CT molecular complexity index is 309. The molecule has 0 aromatic carbocycles. The Hall–Kier alpha value is -0.160. The fourth-order valence-corrected chi connectivity index (χ4v) is 2.46. The molecule has 0 bridgehead atoms. The summed E-state index contributed by atoms with van der Waals surface area (Å²) < 4.78 is 0. The molecule has 1 aliphatic rings. The number of aryl methyl sites for hydroxylation is 1. The van der Waals surface area contributed by atoms with Crippen molar-refractivity contribution in [2.75, 3.05) is 7.05 Å². The van der Waals surface area contributed by atoms with Crippen LogP contribution in [0.3, 0.4) is 0 Å². The molecule has 1 aromatic rings. The first-order valence-electron chi connectivity index (χ1n) is 5.02. The summed E-state index contributed by atoms with van der Waals surface area (Å²) in [4.78, 5) is 6.82. The molecule has 5 heteroatoms. The summed E-state index contributed by atoms with van der Waals surface area (Å²) in [5, 5.41) is 3.29. The molecule has 15 heavy (non-hydrogen) atoms. The molecule has 0 saturated heterocycles. The van der Waals surface area contributed by atoms with Gasteiger partial charge in [0.1, 0.15) is 0 Å². The van der Waals surface area contributed by atoms with E-state index in [1.807, 2.05) is 6.92 Å². The van der Waals surface area contributed by atoms with Crippen molar-refractivity contribution in [1.29, 1.82) is 0 Å². The Morgan fingerprint density at radius 1 is 1.60 bits per heavy atom. The lowest BCUT2D eigenvalue weighted by Crippen LogP contribution is -2.48. The number of hydrogen-bond donors (Lipinski definition) is 1. The van der Waals surface area contributed by atoms with E-state index in [1.165, 1.54) is 5.69 Å². The van der Waals surface area contributed by atoms with Gasteiger partial charge in [0, 0.05) is 24.0 Å². The smallest absolute Gasteiger partial charge is 0.0897 e. The van der Waals surface area contributed by atoms with Crippen LogP contribution in [0.1, 0.15) is 23.5 Å². The average Bonchev–Trinajstić information content (AvgIpc) is 2.45. The van der Waals surface area contributed by atoms with Crippen LogP contribution in [-0.4, -0.2) is 29.0 Å². The number of nitrogens with two attached hydrogens (primary N) is 1. The first-order valence-corrected chi connectivity index (χ1v) is 5.90. The van der Waals surface area contributed by atoms with E-state index in [0.29, 0.717) is 12.1 Å². The third-order valence-electron chi connectivity index (χ3n) is 2.85. The molecule has 0 unspecified atom stereocenters. The van der Waals surface area contributed by atoms with E-state index < -0.39 is 0 Å². The fourth-order valence-electron chi connectivity index (χ4n) is 1.86. The molecule has 0 aliphatic heterocycles. The van der Waals surface area contributed by atoms with E-state index in [4.69, 9.17) is 5.73 Å². The highest BCUT2D eigenvalue weighted by Crippen LogP contribution is 2.24. The number of rotatable bonds is 3. The van der Waals surface area contributed by atoms with Crippen molar-refractivity contribution >= 4 is 23.7 Å². The highest BCUT2D eigenvalue weighted by Gasteiger charge is 2.29. The van der Waals surface area contributed by atoms with Crippen LogP contribution in [0.4, 0.5) is 0 Å². The predicted molar refractivity (Wildman–Crippen MR) is 66.6 cm³/mol. The van der Waals surface area contributed by atoms with Crippen molar-refractivity contribution in [3.05, 3.63) is 16.1 Å². The highest BCUT2D eigenvalue weighted by atomic mass is 35.5. The van der Waals surface area contributed by atoms with E-state index in [2.05, 4.69) is 22.3 Å². The van der Waals surface area contributed by atoms with Crippen LogP contribution < -0.4 is 5.73 Å². The van der Waals surface area contributed by atoms with Gasteiger partial charge in [0.15, 0.2) is 0 Å². The minimum absolute atomic E-state index is 0. The molecule has 1 fully saturated rings. The molecule has 1 aliphatic carbocycles. The SMILES string of the molecule is Cc1nc(CN(C)C2CC(N)C2)cs1.Cl. The molecule has 3 nitrogen and oxygen atoms in total. The average molecular weight is 248 g/mol. The summed E-state index contributed by atoms with van der Waals surface area (Å²) in [6, 6.07) is 1.10. The second-order valence-electron chi connectivity index (χ2n) is 4.16. The van der Waals surface area contributed by atoms with Crippen molar-refractivity contribution in [3.8, 4) is 0 Å². The molecule has 2 rings (SSSR count). The summed E-state index contributed by atoms with van der Waals surface area (Å²) in [6.07, 6.45) is 2.28. The van der Waals surface area contributed by atoms with Gasteiger partial charge in [-0.05, 0) is 26.8 Å². The maximum Gasteiger partial charge on any atom is 0.0897 e. The monoisotopic (exact) mass is 247 g/mol. The summed E-state index contributed by atoms with van der Waals surface area (Å²) in [5.41, 5.74) is 6.95. The standard InChI is InChI=1S/C10H17N3S.ClH/c1-7-12-9(6-14-7)5-13(2)10-3-8(11)4-10;/h6,8,10H,3-5,11H2,1-2H3;1H. The Morgan fingerprint density at radius 3 is 2.73 bits per heavy atom. The molecule has 0 atom stereocenters. The number of hydrogen-bond acceptors (Lipinski definition) is 4. The zero-order valence-corrected chi connectivity index (χ0v) is 10.8. The van der Waals surface area contributed by atoms with E-state index in [9.17, 15) is 0 Å². The molecule has 0 radical (unpaired) electrons. The Labute approximate surface area is 101 Å². The van der Waals surface area contributed by atoms with Gasteiger partial charge in [-0.2, -0.15) is 0 Å². The zero-order chi connectivity index (χ0) is 10.1. The normalized spacial score (nSPS) is 24.8. The van der Waals surface area contributed by atoms with Crippen molar-refractivity contribution in [1.82, 2.24) is 9.88 Å². The number of thiazole rings is 1. The summed E-state index contributed by atoms with van der Waals surface area (Å²) >= 11 is 1.72. The lowest BCUT2D eigenvalue weighted by molar-refractivity contribution is 0.131. The molecule has 1 saturated carbocycles. The minimum Gasteiger partial charge on any atom is -0.328 e. The lowest BCUT2D eigenvalue weighted by Gasteiger charge is -2.39. The van der Waals surface area contributed by atoms with Gasteiger partial charge in [-0.3, -0.25) is 4.90 Å². The molecule has 1 heterocycles. The molecule has 1 aromatic heterocycles. The van der Waals surface area contributed by atoms with Gasteiger partial charge in [0.25, 0.3) is 0 Å². The summed E-state index contributed by atoms with van der Waals surface area (Å²) in [7, 11) is 2.16. The zero-order valence-electron chi connectivity index (χ0n) is 9.14. The van der Waals surface area contributed by atoms with Gasteiger partial charge in [-0.25, -0.2) is 4.98 Å². The maximum atomic E-state index is 5.76. The second-order valence-corrected chi connectivity index (χ2v) is 5.22. The van der Waals surface area contributed by atoms with Crippen LogP contribution >= 0.6 is 23.7 Å². The van der Waals surface area contributed by atoms with E-state index in [-0.39, 0.29) is 12.4 Å². The quantitative estimate of drug-likeness (QED) is 0.886. The largest absolute Gasteiger partial charge is 0.328 e. The second kappa shape index (κ2) is 5.25. The third kappa shape index (κ3) is 3.14. The van der Waals surface area contributed by atoms with E-state index >= 15 is 0 Å². The van der Waals surface area contributed by atoms with Crippen molar-refractivity contribution in [2.45, 2.75) is 38.4 Å². The van der Waals surface area contributed by atoms with Crippen LogP contribution in [0, 0.1) is 6.92 Å². The Balaban J connectivity index is 0.00000112. The third-order valence-corrected chi connectivity index (χ3v) is 3.67. The number of nitrogens with zero attached hydrogens (tertiary/aromatic N) is 2. The number of halogens is 1. The summed E-state index contributed by atoms with van der Waals surface area (Å²) in [6.45, 7) is 3.01. The van der Waals surface area contributed by atoms with Gasteiger partial charge < -0.3 is 5.73 Å². The number of aromatic nitrogens is 1. The minimum atomic E-state index is 0. The van der Waals surface area contributed by atoms with Gasteiger partial charge >= 0.3 is 0 Å². The van der Waals surface area contributed by atoms with Crippen molar-refractivity contribution in [2.24, 2.45) is 5.73 Å². The van der Waals surface area contributed by atoms with Crippen molar-refractivity contribution < 1.29 is 0 Å². The predicted octanol–water partition coefficient (Wildman–Crippen LogP) is 1.79. The van der Waals surface area contributed by atoms with Crippen LogP contribution in [0.5, 0.6) is 0 Å².